The highest BCUT2D eigenvalue weighted by Gasteiger charge is 2.30. The number of benzene rings is 1. The second kappa shape index (κ2) is 6.77. The van der Waals surface area contributed by atoms with Gasteiger partial charge in [0.15, 0.2) is 0 Å². The van der Waals surface area contributed by atoms with Gasteiger partial charge in [0.2, 0.25) is 0 Å². The number of halogens is 1. The molecule has 0 saturated heterocycles. The maximum Gasteiger partial charge on any atom is 0.123 e. The van der Waals surface area contributed by atoms with Gasteiger partial charge < -0.3 is 0 Å². The van der Waals surface area contributed by atoms with Gasteiger partial charge >= 0.3 is 0 Å². The molecule has 0 aromatic heterocycles. The third-order valence-electron chi connectivity index (χ3n) is 5.91. The molecule has 2 aliphatic carbocycles. The van der Waals surface area contributed by atoms with Crippen LogP contribution < -0.4 is 0 Å². The summed E-state index contributed by atoms with van der Waals surface area (Å²) in [4.78, 5) is 0. The summed E-state index contributed by atoms with van der Waals surface area (Å²) < 4.78 is 13.4. The summed E-state index contributed by atoms with van der Waals surface area (Å²) in [6.45, 7) is 3.94. The van der Waals surface area contributed by atoms with E-state index in [0.29, 0.717) is 5.92 Å². The standard InChI is InChI=1S/C20H27F/c1-2-15-6-8-16(9-7-15)17-10-12-18(13-11-17)19-4-3-5-20(21)14-19/h2-5,14-18H,1,6-13H2. The van der Waals surface area contributed by atoms with Crippen molar-refractivity contribution in [3.63, 3.8) is 0 Å². The molecular weight excluding hydrogens is 259 g/mol. The van der Waals surface area contributed by atoms with Crippen LogP contribution >= 0.6 is 0 Å². The van der Waals surface area contributed by atoms with Crippen LogP contribution in [0.15, 0.2) is 36.9 Å². The monoisotopic (exact) mass is 286 g/mol. The average Bonchev–Trinajstić information content (AvgIpc) is 2.55. The van der Waals surface area contributed by atoms with Gasteiger partial charge in [-0.2, -0.15) is 0 Å². The number of hydrogen-bond acceptors (Lipinski definition) is 0. The van der Waals surface area contributed by atoms with Gasteiger partial charge in [-0.05, 0) is 92.7 Å². The lowest BCUT2D eigenvalue weighted by molar-refractivity contribution is 0.171. The molecular formula is C20H27F. The highest BCUT2D eigenvalue weighted by atomic mass is 19.1. The maximum atomic E-state index is 13.4. The van der Waals surface area contributed by atoms with Gasteiger partial charge in [0, 0.05) is 0 Å². The molecule has 0 amide bonds. The summed E-state index contributed by atoms with van der Waals surface area (Å²) in [6, 6.07) is 7.24. The highest BCUT2D eigenvalue weighted by Crippen LogP contribution is 2.43. The average molecular weight is 286 g/mol. The van der Waals surface area contributed by atoms with Crippen molar-refractivity contribution in [3.8, 4) is 0 Å². The van der Waals surface area contributed by atoms with Gasteiger partial charge in [-0.25, -0.2) is 4.39 Å². The van der Waals surface area contributed by atoms with Crippen molar-refractivity contribution < 1.29 is 4.39 Å². The summed E-state index contributed by atoms with van der Waals surface area (Å²) in [6.07, 6.45) is 12.8. The Morgan fingerprint density at radius 2 is 1.52 bits per heavy atom. The van der Waals surface area contributed by atoms with Crippen LogP contribution in [0, 0.1) is 23.6 Å². The molecule has 0 bridgehead atoms. The first-order valence-corrected chi connectivity index (χ1v) is 8.64. The molecule has 114 valence electrons. The van der Waals surface area contributed by atoms with Gasteiger partial charge in [-0.15, -0.1) is 6.58 Å². The van der Waals surface area contributed by atoms with Crippen molar-refractivity contribution in [2.45, 2.75) is 57.3 Å². The Balaban J connectivity index is 1.52. The Morgan fingerprint density at radius 3 is 2.10 bits per heavy atom. The Hall–Kier alpha value is -1.11. The van der Waals surface area contributed by atoms with E-state index in [1.54, 1.807) is 12.1 Å². The van der Waals surface area contributed by atoms with Gasteiger partial charge in [0.1, 0.15) is 5.82 Å². The van der Waals surface area contributed by atoms with Crippen LogP contribution in [0.25, 0.3) is 0 Å². The fourth-order valence-electron chi connectivity index (χ4n) is 4.54. The Bertz CT molecular complexity index is 462. The summed E-state index contributed by atoms with van der Waals surface area (Å²) in [5.41, 5.74) is 1.21. The number of hydrogen-bond donors (Lipinski definition) is 0. The Kier molecular flexibility index (Phi) is 4.77. The molecule has 0 radical (unpaired) electrons. The van der Waals surface area contributed by atoms with E-state index in [4.69, 9.17) is 0 Å². The quantitative estimate of drug-likeness (QED) is 0.590. The summed E-state index contributed by atoms with van der Waals surface area (Å²) in [7, 11) is 0. The zero-order chi connectivity index (χ0) is 14.7. The van der Waals surface area contributed by atoms with Crippen molar-refractivity contribution in [2.24, 2.45) is 17.8 Å². The van der Waals surface area contributed by atoms with E-state index >= 15 is 0 Å². The molecule has 0 spiro atoms. The first-order chi connectivity index (χ1) is 10.3. The maximum absolute atomic E-state index is 13.4. The van der Waals surface area contributed by atoms with E-state index in [-0.39, 0.29) is 5.82 Å². The molecule has 1 aromatic carbocycles. The molecule has 0 N–H and O–H groups in total. The van der Waals surface area contributed by atoms with E-state index < -0.39 is 0 Å². The van der Waals surface area contributed by atoms with Crippen molar-refractivity contribution in [1.82, 2.24) is 0 Å². The molecule has 0 aliphatic heterocycles. The van der Waals surface area contributed by atoms with Gasteiger partial charge in [0.25, 0.3) is 0 Å². The van der Waals surface area contributed by atoms with E-state index in [1.807, 2.05) is 6.07 Å². The predicted octanol–water partition coefficient (Wildman–Crippen LogP) is 6.09. The van der Waals surface area contributed by atoms with Crippen LogP contribution in [0.4, 0.5) is 4.39 Å². The molecule has 3 rings (SSSR count). The summed E-state index contributed by atoms with van der Waals surface area (Å²) in [5, 5.41) is 0. The van der Waals surface area contributed by atoms with Crippen LogP contribution in [0.2, 0.25) is 0 Å². The second-order valence-electron chi connectivity index (χ2n) is 7.08. The van der Waals surface area contributed by atoms with Crippen molar-refractivity contribution in [3.05, 3.63) is 48.3 Å². The molecule has 2 saturated carbocycles. The first-order valence-electron chi connectivity index (χ1n) is 8.64. The van der Waals surface area contributed by atoms with Gasteiger partial charge in [-0.1, -0.05) is 18.2 Å². The molecule has 2 fully saturated rings. The lowest BCUT2D eigenvalue weighted by Crippen LogP contribution is -2.25. The third kappa shape index (κ3) is 3.56. The molecule has 0 heterocycles. The van der Waals surface area contributed by atoms with Crippen LogP contribution in [0.1, 0.15) is 62.8 Å². The largest absolute Gasteiger partial charge is 0.207 e. The molecule has 1 heteroatoms. The van der Waals surface area contributed by atoms with Crippen LogP contribution in [-0.2, 0) is 0 Å². The van der Waals surface area contributed by atoms with Gasteiger partial charge in [-0.3, -0.25) is 0 Å². The third-order valence-corrected chi connectivity index (χ3v) is 5.91. The predicted molar refractivity (Wildman–Crippen MR) is 86.7 cm³/mol. The minimum absolute atomic E-state index is 0.0858. The number of allylic oxidation sites excluding steroid dienone is 1. The topological polar surface area (TPSA) is 0 Å². The summed E-state index contributed by atoms with van der Waals surface area (Å²) in [5.74, 6) is 3.12. The van der Waals surface area contributed by atoms with Crippen LogP contribution in [0.5, 0.6) is 0 Å². The van der Waals surface area contributed by atoms with E-state index in [1.165, 1.54) is 56.9 Å². The van der Waals surface area contributed by atoms with Crippen molar-refractivity contribution >= 4 is 0 Å². The van der Waals surface area contributed by atoms with Crippen molar-refractivity contribution in [2.75, 3.05) is 0 Å². The normalized spacial score (nSPS) is 33.6. The molecule has 0 atom stereocenters. The molecule has 21 heavy (non-hydrogen) atoms. The molecule has 0 nitrogen and oxygen atoms in total. The fraction of sp³-hybridized carbons (Fsp3) is 0.600. The Labute approximate surface area is 128 Å². The summed E-state index contributed by atoms with van der Waals surface area (Å²) >= 11 is 0. The van der Waals surface area contributed by atoms with E-state index in [2.05, 4.69) is 18.7 Å². The van der Waals surface area contributed by atoms with Gasteiger partial charge in [0.05, 0.1) is 0 Å². The molecule has 0 unspecified atom stereocenters. The SMILES string of the molecule is C=CC1CCC(C2CCC(c3cccc(F)c3)CC2)CC1. The molecule has 1 aromatic rings. The van der Waals surface area contributed by atoms with E-state index in [0.717, 1.165) is 17.8 Å². The second-order valence-corrected chi connectivity index (χ2v) is 7.08. The van der Waals surface area contributed by atoms with Crippen LogP contribution in [0.3, 0.4) is 0 Å². The zero-order valence-corrected chi connectivity index (χ0v) is 12.9. The lowest BCUT2D eigenvalue weighted by Gasteiger charge is -2.37. The van der Waals surface area contributed by atoms with Crippen LogP contribution in [-0.4, -0.2) is 0 Å². The lowest BCUT2D eigenvalue weighted by atomic mass is 9.68. The first kappa shape index (κ1) is 14.8. The number of rotatable bonds is 3. The Morgan fingerprint density at radius 1 is 0.905 bits per heavy atom. The highest BCUT2D eigenvalue weighted by molar-refractivity contribution is 5.21. The minimum Gasteiger partial charge on any atom is -0.207 e. The molecule has 2 aliphatic rings. The fourth-order valence-corrected chi connectivity index (χ4v) is 4.54. The van der Waals surface area contributed by atoms with Crippen molar-refractivity contribution in [1.29, 1.82) is 0 Å². The smallest absolute Gasteiger partial charge is 0.123 e. The zero-order valence-electron chi connectivity index (χ0n) is 12.9. The van der Waals surface area contributed by atoms with E-state index in [9.17, 15) is 4.39 Å². The minimum atomic E-state index is -0.0858.